The van der Waals surface area contributed by atoms with Gasteiger partial charge in [-0.25, -0.2) is 8.42 Å². The number of hydrogen-bond donors (Lipinski definition) is 0. The van der Waals surface area contributed by atoms with Crippen molar-refractivity contribution in [3.05, 3.63) is 47.0 Å². The van der Waals surface area contributed by atoms with Crippen LogP contribution in [0, 0.1) is 6.92 Å². The lowest BCUT2D eigenvalue weighted by Gasteiger charge is -2.06. The van der Waals surface area contributed by atoms with E-state index in [-0.39, 0.29) is 11.5 Å². The molecule has 0 aromatic heterocycles. The van der Waals surface area contributed by atoms with Gasteiger partial charge in [0.15, 0.2) is 9.84 Å². The molecule has 0 bridgehead atoms. The fraction of sp³-hybridized carbons (Fsp3) is 0.333. The third-order valence-corrected chi connectivity index (χ3v) is 4.18. The quantitative estimate of drug-likeness (QED) is 0.761. The van der Waals surface area contributed by atoms with Crippen LogP contribution < -0.4 is 0 Å². The second-order valence-electron chi connectivity index (χ2n) is 3.76. The van der Waals surface area contributed by atoms with Crippen LogP contribution in [0.4, 0.5) is 0 Å². The molecule has 4 heteroatoms. The molecule has 0 atom stereocenters. The first-order chi connectivity index (χ1) is 7.44. The fourth-order valence-electron chi connectivity index (χ4n) is 1.34. The van der Waals surface area contributed by atoms with Gasteiger partial charge in [-0.05, 0) is 30.5 Å². The number of halogens is 1. The van der Waals surface area contributed by atoms with Crippen molar-refractivity contribution in [3.63, 3.8) is 0 Å². The highest BCUT2D eigenvalue weighted by atomic mass is 35.5. The van der Waals surface area contributed by atoms with Gasteiger partial charge in [0.05, 0.1) is 11.5 Å². The van der Waals surface area contributed by atoms with E-state index in [9.17, 15) is 8.42 Å². The minimum Gasteiger partial charge on any atom is -0.228 e. The van der Waals surface area contributed by atoms with Crippen LogP contribution in [-0.2, 0) is 15.6 Å². The van der Waals surface area contributed by atoms with Gasteiger partial charge in [-0.1, -0.05) is 29.8 Å². The summed E-state index contributed by atoms with van der Waals surface area (Å²) in [6.07, 6.45) is 2.08. The van der Waals surface area contributed by atoms with Crippen LogP contribution in [0.1, 0.15) is 17.5 Å². The maximum atomic E-state index is 11.7. The molecule has 88 valence electrons. The molecule has 1 rings (SSSR count). The van der Waals surface area contributed by atoms with Crippen LogP contribution >= 0.6 is 11.6 Å². The summed E-state index contributed by atoms with van der Waals surface area (Å²) in [7, 11) is -3.09. The van der Waals surface area contributed by atoms with E-state index in [1.165, 1.54) is 0 Å². The second-order valence-corrected chi connectivity index (χ2v) is 6.36. The first-order valence-corrected chi connectivity index (χ1v) is 7.21. The molecule has 0 unspecified atom stereocenters. The Kier molecular flexibility index (Phi) is 4.56. The Bertz CT molecular complexity index is 478. The highest BCUT2D eigenvalue weighted by molar-refractivity contribution is 7.90. The molecule has 0 fully saturated rings. The van der Waals surface area contributed by atoms with Gasteiger partial charge >= 0.3 is 0 Å². The number of hydrogen-bond acceptors (Lipinski definition) is 2. The van der Waals surface area contributed by atoms with Crippen LogP contribution in [0.5, 0.6) is 0 Å². The SMILES string of the molecule is C=CCCS(=O)(=O)Cc1ccc(C)cc1Cl. The normalized spacial score (nSPS) is 11.4. The molecule has 0 N–H and O–H groups in total. The summed E-state index contributed by atoms with van der Waals surface area (Å²) >= 11 is 5.99. The van der Waals surface area contributed by atoms with Gasteiger partial charge in [0, 0.05) is 5.02 Å². The van der Waals surface area contributed by atoms with Gasteiger partial charge in [-0.2, -0.15) is 0 Å². The Labute approximate surface area is 102 Å². The van der Waals surface area contributed by atoms with Crippen molar-refractivity contribution in [1.82, 2.24) is 0 Å². The van der Waals surface area contributed by atoms with E-state index in [0.29, 0.717) is 17.0 Å². The molecule has 0 aliphatic rings. The van der Waals surface area contributed by atoms with Crippen molar-refractivity contribution in [2.45, 2.75) is 19.1 Å². The van der Waals surface area contributed by atoms with Crippen LogP contribution in [-0.4, -0.2) is 14.2 Å². The standard InChI is InChI=1S/C12H15ClO2S/c1-3-4-7-16(14,15)9-11-6-5-10(2)8-12(11)13/h3,5-6,8H,1,4,7,9H2,2H3. The van der Waals surface area contributed by atoms with Crippen molar-refractivity contribution in [2.24, 2.45) is 0 Å². The van der Waals surface area contributed by atoms with Gasteiger partial charge in [0.1, 0.15) is 0 Å². The fourth-order valence-corrected chi connectivity index (χ4v) is 3.12. The topological polar surface area (TPSA) is 34.1 Å². The molecule has 0 saturated heterocycles. The molecule has 0 aliphatic heterocycles. The molecule has 16 heavy (non-hydrogen) atoms. The molecular weight excluding hydrogens is 244 g/mol. The Morgan fingerprint density at radius 2 is 2.12 bits per heavy atom. The Morgan fingerprint density at radius 1 is 1.44 bits per heavy atom. The third-order valence-electron chi connectivity index (χ3n) is 2.22. The molecule has 1 aromatic carbocycles. The second kappa shape index (κ2) is 5.51. The van der Waals surface area contributed by atoms with Crippen LogP contribution in [0.25, 0.3) is 0 Å². The summed E-state index contributed by atoms with van der Waals surface area (Å²) in [6.45, 7) is 5.43. The predicted octanol–water partition coefficient (Wildman–Crippen LogP) is 3.14. The molecule has 0 radical (unpaired) electrons. The molecule has 0 amide bonds. The molecule has 0 heterocycles. The zero-order valence-electron chi connectivity index (χ0n) is 9.24. The first kappa shape index (κ1) is 13.3. The van der Waals surface area contributed by atoms with E-state index in [4.69, 9.17) is 11.6 Å². The van der Waals surface area contributed by atoms with Crippen molar-refractivity contribution in [3.8, 4) is 0 Å². The number of rotatable bonds is 5. The van der Waals surface area contributed by atoms with E-state index in [1.54, 1.807) is 18.2 Å². The third kappa shape index (κ3) is 3.99. The van der Waals surface area contributed by atoms with Gasteiger partial charge in [0.25, 0.3) is 0 Å². The van der Waals surface area contributed by atoms with E-state index < -0.39 is 9.84 Å². The van der Waals surface area contributed by atoms with E-state index in [0.717, 1.165) is 5.56 Å². The largest absolute Gasteiger partial charge is 0.228 e. The van der Waals surface area contributed by atoms with Gasteiger partial charge in [-0.15, -0.1) is 6.58 Å². The maximum absolute atomic E-state index is 11.7. The summed E-state index contributed by atoms with van der Waals surface area (Å²) in [4.78, 5) is 0. The zero-order chi connectivity index (χ0) is 12.2. The van der Waals surface area contributed by atoms with E-state index >= 15 is 0 Å². The van der Waals surface area contributed by atoms with Crippen LogP contribution in [0.3, 0.4) is 0 Å². The lowest BCUT2D eigenvalue weighted by molar-refractivity contribution is 0.595. The number of benzene rings is 1. The molecule has 0 aliphatic carbocycles. The molecule has 2 nitrogen and oxygen atoms in total. The molecule has 0 spiro atoms. The highest BCUT2D eigenvalue weighted by Crippen LogP contribution is 2.20. The molecular formula is C12H15ClO2S. The smallest absolute Gasteiger partial charge is 0.154 e. The number of allylic oxidation sites excluding steroid dienone is 1. The lowest BCUT2D eigenvalue weighted by atomic mass is 10.2. The summed E-state index contributed by atoms with van der Waals surface area (Å²) in [5.41, 5.74) is 1.69. The monoisotopic (exact) mass is 258 g/mol. The summed E-state index contributed by atoms with van der Waals surface area (Å²) in [5, 5.41) is 0.516. The van der Waals surface area contributed by atoms with E-state index in [2.05, 4.69) is 6.58 Å². The van der Waals surface area contributed by atoms with Gasteiger partial charge in [0.2, 0.25) is 0 Å². The van der Waals surface area contributed by atoms with Crippen LogP contribution in [0.2, 0.25) is 5.02 Å². The maximum Gasteiger partial charge on any atom is 0.154 e. The summed E-state index contributed by atoms with van der Waals surface area (Å²) in [5.74, 6) is 0.126. The summed E-state index contributed by atoms with van der Waals surface area (Å²) < 4.78 is 23.4. The Balaban J connectivity index is 2.84. The van der Waals surface area contributed by atoms with Crippen molar-refractivity contribution in [1.29, 1.82) is 0 Å². The van der Waals surface area contributed by atoms with Gasteiger partial charge in [-0.3, -0.25) is 0 Å². The first-order valence-electron chi connectivity index (χ1n) is 5.01. The van der Waals surface area contributed by atoms with Crippen molar-refractivity contribution >= 4 is 21.4 Å². The average molecular weight is 259 g/mol. The van der Waals surface area contributed by atoms with Crippen molar-refractivity contribution < 1.29 is 8.42 Å². The average Bonchev–Trinajstić information content (AvgIpc) is 2.19. The minimum absolute atomic E-state index is 0.0000463. The van der Waals surface area contributed by atoms with Gasteiger partial charge < -0.3 is 0 Å². The number of aryl methyl sites for hydroxylation is 1. The molecule has 1 aromatic rings. The summed E-state index contributed by atoms with van der Waals surface area (Å²) in [6, 6.07) is 5.41. The molecule has 0 saturated carbocycles. The minimum atomic E-state index is -3.09. The number of sulfone groups is 1. The Hall–Kier alpha value is -0.800. The predicted molar refractivity (Wildman–Crippen MR) is 68.5 cm³/mol. The lowest BCUT2D eigenvalue weighted by Crippen LogP contribution is -2.09. The van der Waals surface area contributed by atoms with Crippen molar-refractivity contribution in [2.75, 3.05) is 5.75 Å². The van der Waals surface area contributed by atoms with E-state index in [1.807, 2.05) is 13.0 Å². The zero-order valence-corrected chi connectivity index (χ0v) is 10.8. The Morgan fingerprint density at radius 3 is 2.69 bits per heavy atom. The van der Waals surface area contributed by atoms with Crippen LogP contribution in [0.15, 0.2) is 30.9 Å². The highest BCUT2D eigenvalue weighted by Gasteiger charge is 2.13.